The van der Waals surface area contributed by atoms with Crippen molar-refractivity contribution in [2.24, 2.45) is 0 Å². The maximum atomic E-state index is 13.1. The molecule has 2 aromatic carbocycles. The number of hydrogen-bond acceptors (Lipinski definition) is 4. The van der Waals surface area contributed by atoms with Gasteiger partial charge in [0.25, 0.3) is 5.69 Å². The van der Waals surface area contributed by atoms with Crippen LogP contribution < -0.4 is 0 Å². The lowest BCUT2D eigenvalue weighted by atomic mass is 10.1. The van der Waals surface area contributed by atoms with E-state index in [2.05, 4.69) is 21.0 Å². The molecule has 6 nitrogen and oxygen atoms in total. The number of carbonyl (C=O) groups excluding carboxylic acids is 1. The molecule has 0 amide bonds. The Morgan fingerprint density at radius 1 is 1.21 bits per heavy atom. The van der Waals surface area contributed by atoms with Crippen LogP contribution in [-0.2, 0) is 0 Å². The van der Waals surface area contributed by atoms with E-state index >= 15 is 0 Å². The van der Waals surface area contributed by atoms with E-state index in [0.717, 1.165) is 0 Å². The summed E-state index contributed by atoms with van der Waals surface area (Å²) in [6, 6.07) is 11.4. The van der Waals surface area contributed by atoms with Crippen molar-refractivity contribution in [2.75, 3.05) is 0 Å². The molecule has 0 spiro atoms. The van der Waals surface area contributed by atoms with Gasteiger partial charge in [-0.2, -0.15) is 5.10 Å². The summed E-state index contributed by atoms with van der Waals surface area (Å²) in [5.41, 5.74) is 1.51. The lowest BCUT2D eigenvalue weighted by Gasteiger charge is -2.03. The Bertz CT molecular complexity index is 938. The van der Waals surface area contributed by atoms with E-state index in [-0.39, 0.29) is 11.3 Å². The fraction of sp³-hybridized carbons (Fsp3) is 0. The van der Waals surface area contributed by atoms with Crippen molar-refractivity contribution >= 4 is 27.9 Å². The molecule has 1 aromatic heterocycles. The van der Waals surface area contributed by atoms with Gasteiger partial charge in [0.15, 0.2) is 6.29 Å². The molecular formula is C16H9BrFN3O3. The van der Waals surface area contributed by atoms with Crippen LogP contribution >= 0.6 is 15.9 Å². The van der Waals surface area contributed by atoms with Crippen LogP contribution in [0.3, 0.4) is 0 Å². The summed E-state index contributed by atoms with van der Waals surface area (Å²) >= 11 is 3.30. The van der Waals surface area contributed by atoms with E-state index in [0.29, 0.717) is 27.8 Å². The average Bonchev–Trinajstić information content (AvgIpc) is 2.92. The van der Waals surface area contributed by atoms with E-state index in [1.807, 2.05) is 0 Å². The predicted molar refractivity (Wildman–Crippen MR) is 88.7 cm³/mol. The van der Waals surface area contributed by atoms with Crippen molar-refractivity contribution in [1.29, 1.82) is 0 Å². The largest absolute Gasteiger partial charge is 0.298 e. The Hall–Kier alpha value is -2.87. The van der Waals surface area contributed by atoms with Crippen molar-refractivity contribution in [3.8, 4) is 16.9 Å². The number of nitrogens with zero attached hydrogens (tertiary/aromatic N) is 3. The molecule has 0 aliphatic rings. The fourth-order valence-electron chi connectivity index (χ4n) is 2.24. The molecular weight excluding hydrogens is 381 g/mol. The number of halogens is 2. The van der Waals surface area contributed by atoms with Crippen molar-refractivity contribution in [2.45, 2.75) is 0 Å². The molecule has 0 aliphatic heterocycles. The third kappa shape index (κ3) is 2.83. The Morgan fingerprint density at radius 2 is 1.92 bits per heavy atom. The molecule has 120 valence electrons. The van der Waals surface area contributed by atoms with Crippen LogP contribution in [0.5, 0.6) is 0 Å². The van der Waals surface area contributed by atoms with Gasteiger partial charge in [0.1, 0.15) is 16.1 Å². The number of aromatic nitrogens is 2. The lowest BCUT2D eigenvalue weighted by Crippen LogP contribution is -1.98. The summed E-state index contributed by atoms with van der Waals surface area (Å²) < 4.78 is 14.8. The van der Waals surface area contributed by atoms with Crippen LogP contribution in [0, 0.1) is 15.9 Å². The van der Waals surface area contributed by atoms with Crippen LogP contribution in [-0.4, -0.2) is 21.0 Å². The highest BCUT2D eigenvalue weighted by molar-refractivity contribution is 9.10. The monoisotopic (exact) mass is 389 g/mol. The third-order valence-electron chi connectivity index (χ3n) is 3.38. The quantitative estimate of drug-likeness (QED) is 0.381. The molecule has 8 heteroatoms. The van der Waals surface area contributed by atoms with Crippen LogP contribution in [0.4, 0.5) is 10.1 Å². The van der Waals surface area contributed by atoms with E-state index in [4.69, 9.17) is 0 Å². The average molecular weight is 390 g/mol. The Kier molecular flexibility index (Phi) is 4.22. The van der Waals surface area contributed by atoms with Gasteiger partial charge in [0.2, 0.25) is 0 Å². The molecule has 0 fully saturated rings. The lowest BCUT2D eigenvalue weighted by molar-refractivity contribution is -0.384. The minimum atomic E-state index is -0.511. The Morgan fingerprint density at radius 3 is 2.54 bits per heavy atom. The van der Waals surface area contributed by atoms with E-state index in [1.165, 1.54) is 47.1 Å². The van der Waals surface area contributed by atoms with Gasteiger partial charge in [-0.25, -0.2) is 9.07 Å². The second-order valence-corrected chi connectivity index (χ2v) is 5.62. The first-order chi connectivity index (χ1) is 11.5. The van der Waals surface area contributed by atoms with Gasteiger partial charge in [-0.1, -0.05) is 6.07 Å². The van der Waals surface area contributed by atoms with Gasteiger partial charge in [-0.3, -0.25) is 14.9 Å². The Balaban J connectivity index is 2.17. The number of carbonyl (C=O) groups is 1. The van der Waals surface area contributed by atoms with Crippen LogP contribution in [0.2, 0.25) is 0 Å². The van der Waals surface area contributed by atoms with Crippen LogP contribution in [0.15, 0.2) is 53.1 Å². The highest BCUT2D eigenvalue weighted by Gasteiger charge is 2.19. The van der Waals surface area contributed by atoms with Crippen molar-refractivity contribution in [1.82, 2.24) is 9.78 Å². The molecule has 0 saturated heterocycles. The SMILES string of the molecule is O=Cc1c(-c2ccc(F)cc2)nn(-c2cccc([N+](=O)[O-])c2)c1Br. The number of rotatable bonds is 4. The maximum absolute atomic E-state index is 13.1. The fourth-order valence-corrected chi connectivity index (χ4v) is 2.81. The second-order valence-electron chi connectivity index (χ2n) is 4.87. The standard InChI is InChI=1S/C16H9BrFN3O3/c17-16-14(9-22)15(10-4-6-11(18)7-5-10)19-20(16)12-2-1-3-13(8-12)21(23)24/h1-9H. The zero-order valence-electron chi connectivity index (χ0n) is 12.0. The molecule has 3 rings (SSSR count). The summed E-state index contributed by atoms with van der Waals surface area (Å²) in [6.07, 6.45) is 0.629. The number of nitro benzene ring substituents is 1. The molecule has 0 bridgehead atoms. The molecule has 0 atom stereocenters. The van der Waals surface area contributed by atoms with Crippen LogP contribution in [0.1, 0.15) is 10.4 Å². The molecule has 0 aliphatic carbocycles. The highest BCUT2D eigenvalue weighted by Crippen LogP contribution is 2.30. The van der Waals surface area contributed by atoms with E-state index in [1.54, 1.807) is 6.07 Å². The number of benzene rings is 2. The molecule has 1 heterocycles. The predicted octanol–water partition coefficient (Wildman–Crippen LogP) is 4.16. The minimum absolute atomic E-state index is 0.0918. The maximum Gasteiger partial charge on any atom is 0.271 e. The third-order valence-corrected chi connectivity index (χ3v) is 4.15. The first-order valence-corrected chi connectivity index (χ1v) is 7.55. The van der Waals surface area contributed by atoms with E-state index < -0.39 is 10.7 Å². The smallest absolute Gasteiger partial charge is 0.271 e. The number of nitro groups is 1. The highest BCUT2D eigenvalue weighted by atomic mass is 79.9. The topological polar surface area (TPSA) is 78.0 Å². The summed E-state index contributed by atoms with van der Waals surface area (Å²) in [5, 5.41) is 15.3. The molecule has 3 aromatic rings. The summed E-state index contributed by atoms with van der Waals surface area (Å²) in [6.45, 7) is 0. The summed E-state index contributed by atoms with van der Waals surface area (Å²) in [7, 11) is 0. The van der Waals surface area contributed by atoms with Gasteiger partial charge in [0.05, 0.1) is 16.2 Å². The first-order valence-electron chi connectivity index (χ1n) is 6.75. The molecule has 0 radical (unpaired) electrons. The van der Waals surface area contributed by atoms with Crippen molar-refractivity contribution in [3.63, 3.8) is 0 Å². The Labute approximate surface area is 143 Å². The zero-order chi connectivity index (χ0) is 17.3. The second kappa shape index (κ2) is 6.32. The van der Waals surface area contributed by atoms with Crippen molar-refractivity contribution in [3.05, 3.63) is 74.6 Å². The number of non-ortho nitro benzene ring substituents is 1. The molecule has 24 heavy (non-hydrogen) atoms. The zero-order valence-corrected chi connectivity index (χ0v) is 13.6. The number of hydrogen-bond donors (Lipinski definition) is 0. The van der Waals surface area contributed by atoms with Gasteiger partial charge < -0.3 is 0 Å². The van der Waals surface area contributed by atoms with Gasteiger partial charge >= 0.3 is 0 Å². The molecule has 0 saturated carbocycles. The summed E-state index contributed by atoms with van der Waals surface area (Å²) in [4.78, 5) is 21.9. The molecule has 0 N–H and O–H groups in total. The van der Waals surface area contributed by atoms with Gasteiger partial charge in [0, 0.05) is 17.7 Å². The van der Waals surface area contributed by atoms with Crippen LogP contribution in [0.25, 0.3) is 16.9 Å². The van der Waals surface area contributed by atoms with Crippen molar-refractivity contribution < 1.29 is 14.1 Å². The first kappa shape index (κ1) is 16.0. The normalized spacial score (nSPS) is 10.6. The minimum Gasteiger partial charge on any atom is -0.298 e. The summed E-state index contributed by atoms with van der Waals surface area (Å²) in [5.74, 6) is -0.399. The number of aldehydes is 1. The molecule has 0 unspecified atom stereocenters. The van der Waals surface area contributed by atoms with Gasteiger partial charge in [-0.05, 0) is 46.3 Å². The van der Waals surface area contributed by atoms with Gasteiger partial charge in [-0.15, -0.1) is 0 Å². The van der Waals surface area contributed by atoms with E-state index in [9.17, 15) is 19.3 Å².